The van der Waals surface area contributed by atoms with Gasteiger partial charge in [-0.3, -0.25) is 0 Å². The van der Waals surface area contributed by atoms with E-state index in [0.29, 0.717) is 11.8 Å². The second-order valence-electron chi connectivity index (χ2n) is 3.49. The second-order valence-corrected chi connectivity index (χ2v) is 3.49. The lowest BCUT2D eigenvalue weighted by atomic mass is 9.95. The summed E-state index contributed by atoms with van der Waals surface area (Å²) < 4.78 is 0. The molecule has 1 aromatic heterocycles. The highest BCUT2D eigenvalue weighted by molar-refractivity contribution is 5.59. The fourth-order valence-electron chi connectivity index (χ4n) is 1.59. The van der Waals surface area contributed by atoms with Gasteiger partial charge in [-0.2, -0.15) is 0 Å². The number of hydrogen-bond donors (Lipinski definition) is 0. The Labute approximate surface area is 72.4 Å². The molecule has 1 heterocycles. The Hall–Kier alpha value is -1.18. The van der Waals surface area contributed by atoms with Crippen LogP contribution in [0.4, 0.5) is 0 Å². The predicted octanol–water partition coefficient (Wildman–Crippen LogP) is 2.24. The average molecular weight is 160 g/mol. The van der Waals surface area contributed by atoms with Gasteiger partial charge >= 0.3 is 0 Å². The highest BCUT2D eigenvalue weighted by atomic mass is 14.8. The summed E-state index contributed by atoms with van der Waals surface area (Å²) in [7, 11) is 0. The second kappa shape index (κ2) is 2.70. The molecule has 0 saturated heterocycles. The van der Waals surface area contributed by atoms with E-state index in [9.17, 15) is 0 Å². The maximum Gasteiger partial charge on any atom is 0.115 e. The Balaban J connectivity index is 2.42. The molecule has 0 fully saturated rings. The topological polar surface area (TPSA) is 25.8 Å². The quantitative estimate of drug-likeness (QED) is 0.629. The van der Waals surface area contributed by atoms with Crippen molar-refractivity contribution in [3.63, 3.8) is 0 Å². The Morgan fingerprint density at radius 1 is 1.42 bits per heavy atom. The van der Waals surface area contributed by atoms with Gasteiger partial charge in [0, 0.05) is 17.7 Å². The minimum Gasteiger partial charge on any atom is -0.244 e. The van der Waals surface area contributed by atoms with Crippen LogP contribution in [0, 0.1) is 5.92 Å². The molecule has 0 aromatic carbocycles. The molecule has 2 heteroatoms. The largest absolute Gasteiger partial charge is 0.244 e. The molecule has 0 saturated carbocycles. The van der Waals surface area contributed by atoms with E-state index in [1.54, 1.807) is 6.33 Å². The van der Waals surface area contributed by atoms with Gasteiger partial charge in [-0.25, -0.2) is 9.97 Å². The molecule has 0 amide bonds. The summed E-state index contributed by atoms with van der Waals surface area (Å²) >= 11 is 0. The molecule has 0 N–H and O–H groups in total. The van der Waals surface area contributed by atoms with Gasteiger partial charge in [0.2, 0.25) is 0 Å². The minimum atomic E-state index is 0.489. The lowest BCUT2D eigenvalue weighted by Crippen LogP contribution is -2.04. The average Bonchev–Trinajstić information content (AvgIpc) is 2.47. The van der Waals surface area contributed by atoms with Crippen molar-refractivity contribution in [2.75, 3.05) is 0 Å². The Morgan fingerprint density at radius 2 is 2.25 bits per heavy atom. The zero-order chi connectivity index (χ0) is 8.55. The summed E-state index contributed by atoms with van der Waals surface area (Å²) in [6.45, 7) is 4.43. The molecular formula is C10H12N2. The van der Waals surface area contributed by atoms with Gasteiger partial charge in [0.15, 0.2) is 0 Å². The predicted molar refractivity (Wildman–Crippen MR) is 48.6 cm³/mol. The minimum absolute atomic E-state index is 0.489. The molecule has 1 aliphatic rings. The van der Waals surface area contributed by atoms with Crippen LogP contribution in [0.25, 0.3) is 6.08 Å². The van der Waals surface area contributed by atoms with Gasteiger partial charge < -0.3 is 0 Å². The molecule has 0 radical (unpaired) electrons. The van der Waals surface area contributed by atoms with E-state index in [1.165, 1.54) is 11.3 Å². The van der Waals surface area contributed by atoms with E-state index >= 15 is 0 Å². The number of fused-ring (bicyclic) bond motifs is 1. The number of allylic oxidation sites excluding steroid dienone is 1. The van der Waals surface area contributed by atoms with Gasteiger partial charge in [0.05, 0.1) is 5.69 Å². The summed E-state index contributed by atoms with van der Waals surface area (Å²) in [6, 6.07) is 0. The highest BCUT2D eigenvalue weighted by Crippen LogP contribution is 2.32. The van der Waals surface area contributed by atoms with Crippen LogP contribution < -0.4 is 0 Å². The lowest BCUT2D eigenvalue weighted by molar-refractivity contribution is 0.572. The van der Waals surface area contributed by atoms with E-state index < -0.39 is 0 Å². The van der Waals surface area contributed by atoms with Crippen LogP contribution in [0.1, 0.15) is 31.0 Å². The zero-order valence-corrected chi connectivity index (χ0v) is 7.36. The van der Waals surface area contributed by atoms with Gasteiger partial charge in [-0.05, 0) is 5.92 Å². The van der Waals surface area contributed by atoms with E-state index in [0.717, 1.165) is 0 Å². The summed E-state index contributed by atoms with van der Waals surface area (Å²) in [6.07, 6.45) is 7.83. The first-order valence-electron chi connectivity index (χ1n) is 4.27. The molecule has 62 valence electrons. The molecule has 2 rings (SSSR count). The van der Waals surface area contributed by atoms with Crippen LogP contribution in [0.15, 0.2) is 18.6 Å². The fourth-order valence-corrected chi connectivity index (χ4v) is 1.59. The first-order chi connectivity index (χ1) is 5.79. The normalized spacial score (nSPS) is 20.1. The number of nitrogens with zero attached hydrogens (tertiary/aromatic N) is 2. The molecule has 0 aliphatic heterocycles. The molecule has 1 aromatic rings. The number of hydrogen-bond acceptors (Lipinski definition) is 2. The monoisotopic (exact) mass is 160 g/mol. The zero-order valence-electron chi connectivity index (χ0n) is 7.36. The molecule has 0 spiro atoms. The molecule has 0 bridgehead atoms. The molecule has 1 unspecified atom stereocenters. The van der Waals surface area contributed by atoms with Crippen LogP contribution in [0.3, 0.4) is 0 Å². The third kappa shape index (κ3) is 1.04. The van der Waals surface area contributed by atoms with Crippen molar-refractivity contribution in [2.45, 2.75) is 19.8 Å². The summed E-state index contributed by atoms with van der Waals surface area (Å²) in [5.41, 5.74) is 2.36. The van der Waals surface area contributed by atoms with Gasteiger partial charge in [0.25, 0.3) is 0 Å². The first-order valence-corrected chi connectivity index (χ1v) is 4.27. The van der Waals surface area contributed by atoms with Crippen molar-refractivity contribution in [3.8, 4) is 0 Å². The smallest absolute Gasteiger partial charge is 0.115 e. The van der Waals surface area contributed by atoms with Crippen molar-refractivity contribution in [3.05, 3.63) is 29.9 Å². The first kappa shape index (κ1) is 7.47. The number of rotatable bonds is 1. The third-order valence-electron chi connectivity index (χ3n) is 2.29. The lowest BCUT2D eigenvalue weighted by Gasteiger charge is -2.12. The molecule has 12 heavy (non-hydrogen) atoms. The maximum atomic E-state index is 4.29. The van der Waals surface area contributed by atoms with Gasteiger partial charge in [-0.15, -0.1) is 0 Å². The SMILES string of the molecule is CC(C)C1C=Cc2cncnc21. The Morgan fingerprint density at radius 3 is 3.00 bits per heavy atom. The van der Waals surface area contributed by atoms with Gasteiger partial charge in [-0.1, -0.05) is 26.0 Å². The highest BCUT2D eigenvalue weighted by Gasteiger charge is 2.21. The molecule has 2 nitrogen and oxygen atoms in total. The van der Waals surface area contributed by atoms with Crippen molar-refractivity contribution in [1.82, 2.24) is 9.97 Å². The Bertz CT molecular complexity index is 315. The van der Waals surface area contributed by atoms with Crippen LogP contribution in [-0.4, -0.2) is 9.97 Å². The van der Waals surface area contributed by atoms with Crippen molar-refractivity contribution in [1.29, 1.82) is 0 Å². The van der Waals surface area contributed by atoms with Crippen molar-refractivity contribution < 1.29 is 0 Å². The van der Waals surface area contributed by atoms with E-state index in [4.69, 9.17) is 0 Å². The van der Waals surface area contributed by atoms with Crippen LogP contribution >= 0.6 is 0 Å². The fraction of sp³-hybridized carbons (Fsp3) is 0.400. The summed E-state index contributed by atoms with van der Waals surface area (Å²) in [5.74, 6) is 1.11. The molecule has 1 aliphatic carbocycles. The van der Waals surface area contributed by atoms with Crippen LogP contribution in [0.2, 0.25) is 0 Å². The van der Waals surface area contributed by atoms with E-state index in [2.05, 4.69) is 36.0 Å². The van der Waals surface area contributed by atoms with Crippen molar-refractivity contribution in [2.24, 2.45) is 5.92 Å². The van der Waals surface area contributed by atoms with Crippen LogP contribution in [0.5, 0.6) is 0 Å². The molecular weight excluding hydrogens is 148 g/mol. The standard InChI is InChI=1S/C10H12N2/c1-7(2)9-4-3-8-5-11-6-12-10(8)9/h3-7,9H,1-2H3. The number of aromatic nitrogens is 2. The maximum absolute atomic E-state index is 4.29. The third-order valence-corrected chi connectivity index (χ3v) is 2.29. The summed E-state index contributed by atoms with van der Waals surface area (Å²) in [5, 5.41) is 0. The van der Waals surface area contributed by atoms with Crippen LogP contribution in [-0.2, 0) is 0 Å². The van der Waals surface area contributed by atoms with Crippen molar-refractivity contribution >= 4 is 6.08 Å². The van der Waals surface area contributed by atoms with E-state index in [1.807, 2.05) is 6.20 Å². The summed E-state index contributed by atoms with van der Waals surface area (Å²) in [4.78, 5) is 8.28. The molecule has 1 atom stereocenters. The van der Waals surface area contributed by atoms with Gasteiger partial charge in [0.1, 0.15) is 6.33 Å². The van der Waals surface area contributed by atoms with E-state index in [-0.39, 0.29) is 0 Å². The Kier molecular flexibility index (Phi) is 1.68.